The Hall–Kier alpha value is -2.74. The lowest BCUT2D eigenvalue weighted by atomic mass is 10.1. The fraction of sp³-hybridized carbons (Fsp3) is 0.316. The van der Waals surface area contributed by atoms with Crippen molar-refractivity contribution in [3.8, 4) is 0 Å². The van der Waals surface area contributed by atoms with E-state index in [1.807, 2.05) is 30.3 Å². The first-order valence-electron chi connectivity index (χ1n) is 8.65. The maximum Gasteiger partial charge on any atom is 0.269 e. The van der Waals surface area contributed by atoms with E-state index in [0.29, 0.717) is 24.9 Å². The van der Waals surface area contributed by atoms with Crippen molar-refractivity contribution >= 4 is 21.4 Å². The molecule has 1 heterocycles. The van der Waals surface area contributed by atoms with E-state index >= 15 is 0 Å². The van der Waals surface area contributed by atoms with Gasteiger partial charge in [-0.25, -0.2) is 8.42 Å². The van der Waals surface area contributed by atoms with Crippen molar-refractivity contribution in [2.45, 2.75) is 18.9 Å². The Labute approximate surface area is 157 Å². The zero-order chi connectivity index (χ0) is 19.4. The van der Waals surface area contributed by atoms with Crippen molar-refractivity contribution in [3.63, 3.8) is 0 Å². The Morgan fingerprint density at radius 2 is 1.78 bits per heavy atom. The number of sulfone groups is 1. The van der Waals surface area contributed by atoms with Gasteiger partial charge < -0.3 is 4.90 Å². The van der Waals surface area contributed by atoms with Gasteiger partial charge in [0.05, 0.1) is 16.4 Å². The van der Waals surface area contributed by atoms with Crippen LogP contribution in [0, 0.1) is 10.1 Å². The minimum Gasteiger partial charge on any atom is -0.334 e. The molecule has 0 N–H and O–H groups in total. The third kappa shape index (κ3) is 4.71. The first kappa shape index (κ1) is 19.0. The maximum absolute atomic E-state index is 13.0. The Morgan fingerprint density at radius 3 is 2.33 bits per heavy atom. The summed E-state index contributed by atoms with van der Waals surface area (Å²) in [5, 5.41) is 10.8. The number of nitro benzene ring substituents is 1. The molecule has 1 aliphatic heterocycles. The standard InChI is InChI=1S/C19H20N2O5S/c22-19(16-6-8-17(9-7-16)21(23)24)20(18-11-13-27(25,26)14-18)12-10-15-4-2-1-3-5-15/h1-9,18H,10-14H2. The highest BCUT2D eigenvalue weighted by atomic mass is 32.2. The van der Waals surface area contributed by atoms with Crippen LogP contribution in [0.15, 0.2) is 54.6 Å². The molecule has 27 heavy (non-hydrogen) atoms. The highest BCUT2D eigenvalue weighted by Crippen LogP contribution is 2.22. The van der Waals surface area contributed by atoms with Gasteiger partial charge in [-0.05, 0) is 30.5 Å². The number of rotatable bonds is 6. The van der Waals surface area contributed by atoms with E-state index in [4.69, 9.17) is 0 Å². The molecule has 7 nitrogen and oxygen atoms in total. The van der Waals surface area contributed by atoms with Gasteiger partial charge in [-0.2, -0.15) is 0 Å². The summed E-state index contributed by atoms with van der Waals surface area (Å²) in [6, 6.07) is 14.7. The highest BCUT2D eigenvalue weighted by molar-refractivity contribution is 7.91. The van der Waals surface area contributed by atoms with Gasteiger partial charge in [-0.3, -0.25) is 14.9 Å². The normalized spacial score (nSPS) is 18.1. The van der Waals surface area contributed by atoms with Crippen LogP contribution in [0.3, 0.4) is 0 Å². The SMILES string of the molecule is O=C(c1ccc([N+](=O)[O-])cc1)N(CCc1ccccc1)C1CCS(=O)(=O)C1. The van der Waals surface area contributed by atoms with Crippen molar-refractivity contribution in [2.75, 3.05) is 18.1 Å². The number of amides is 1. The predicted molar refractivity (Wildman–Crippen MR) is 101 cm³/mol. The third-order valence-electron chi connectivity index (χ3n) is 4.72. The molecule has 2 aromatic rings. The molecule has 1 saturated heterocycles. The summed E-state index contributed by atoms with van der Waals surface area (Å²) in [7, 11) is -3.14. The van der Waals surface area contributed by atoms with Gasteiger partial charge in [-0.15, -0.1) is 0 Å². The predicted octanol–water partition coefficient (Wildman–Crippen LogP) is 2.47. The molecule has 8 heteroatoms. The van der Waals surface area contributed by atoms with Gasteiger partial charge in [0.2, 0.25) is 0 Å². The second-order valence-electron chi connectivity index (χ2n) is 6.59. The topological polar surface area (TPSA) is 97.6 Å². The van der Waals surface area contributed by atoms with Gasteiger partial charge in [0.15, 0.2) is 9.84 Å². The average molecular weight is 388 g/mol. The number of hydrogen-bond acceptors (Lipinski definition) is 5. The minimum atomic E-state index is -3.14. The molecule has 1 unspecified atom stereocenters. The number of nitro groups is 1. The van der Waals surface area contributed by atoms with Gasteiger partial charge in [-0.1, -0.05) is 30.3 Å². The zero-order valence-corrected chi connectivity index (χ0v) is 15.5. The molecule has 1 aliphatic rings. The van der Waals surface area contributed by atoms with Crippen LogP contribution >= 0.6 is 0 Å². The van der Waals surface area contributed by atoms with Crippen LogP contribution < -0.4 is 0 Å². The second kappa shape index (κ2) is 7.87. The fourth-order valence-electron chi connectivity index (χ4n) is 3.26. The molecular formula is C19H20N2O5S. The van der Waals surface area contributed by atoms with E-state index in [9.17, 15) is 23.3 Å². The molecule has 2 aromatic carbocycles. The maximum atomic E-state index is 13.0. The van der Waals surface area contributed by atoms with Crippen LogP contribution in [-0.4, -0.2) is 48.2 Å². The Kier molecular flexibility index (Phi) is 5.55. The quantitative estimate of drug-likeness (QED) is 0.559. The molecule has 142 valence electrons. The molecule has 0 spiro atoms. The number of carbonyl (C=O) groups is 1. The van der Waals surface area contributed by atoms with Gasteiger partial charge >= 0.3 is 0 Å². The van der Waals surface area contributed by atoms with Crippen molar-refractivity contribution in [2.24, 2.45) is 0 Å². The molecule has 1 atom stereocenters. The van der Waals surface area contributed by atoms with E-state index in [0.717, 1.165) is 5.56 Å². The van der Waals surface area contributed by atoms with Crippen LogP contribution in [0.5, 0.6) is 0 Å². The number of carbonyl (C=O) groups excluding carboxylic acids is 1. The molecule has 0 bridgehead atoms. The molecule has 1 amide bonds. The summed E-state index contributed by atoms with van der Waals surface area (Å²) < 4.78 is 23.8. The van der Waals surface area contributed by atoms with Crippen molar-refractivity contribution in [3.05, 3.63) is 75.8 Å². The van der Waals surface area contributed by atoms with Crippen molar-refractivity contribution in [1.82, 2.24) is 4.90 Å². The van der Waals surface area contributed by atoms with E-state index in [1.165, 1.54) is 24.3 Å². The largest absolute Gasteiger partial charge is 0.334 e. The summed E-state index contributed by atoms with van der Waals surface area (Å²) in [5.41, 5.74) is 1.28. The fourth-order valence-corrected chi connectivity index (χ4v) is 4.99. The van der Waals surface area contributed by atoms with Crippen LogP contribution in [0.1, 0.15) is 22.3 Å². The molecule has 0 saturated carbocycles. The lowest BCUT2D eigenvalue weighted by Gasteiger charge is -2.28. The minimum absolute atomic E-state index is 0.0412. The molecular weight excluding hydrogens is 368 g/mol. The van der Waals surface area contributed by atoms with Crippen LogP contribution in [-0.2, 0) is 16.3 Å². The van der Waals surface area contributed by atoms with Crippen LogP contribution in [0.25, 0.3) is 0 Å². The number of benzene rings is 2. The van der Waals surface area contributed by atoms with Crippen LogP contribution in [0.2, 0.25) is 0 Å². The van der Waals surface area contributed by atoms with Crippen molar-refractivity contribution < 1.29 is 18.1 Å². The average Bonchev–Trinajstić information content (AvgIpc) is 3.02. The Balaban J connectivity index is 1.81. The van der Waals surface area contributed by atoms with E-state index < -0.39 is 14.8 Å². The molecule has 0 radical (unpaired) electrons. The summed E-state index contributed by atoms with van der Waals surface area (Å²) in [6.45, 7) is 0.389. The highest BCUT2D eigenvalue weighted by Gasteiger charge is 2.34. The third-order valence-corrected chi connectivity index (χ3v) is 6.47. The van der Waals surface area contributed by atoms with E-state index in [2.05, 4.69) is 0 Å². The van der Waals surface area contributed by atoms with Gasteiger partial charge in [0, 0.05) is 30.3 Å². The summed E-state index contributed by atoms with van der Waals surface area (Å²) in [5.74, 6) is -0.268. The zero-order valence-electron chi connectivity index (χ0n) is 14.7. The molecule has 0 aliphatic carbocycles. The van der Waals surface area contributed by atoms with Gasteiger partial charge in [0.25, 0.3) is 11.6 Å². The molecule has 3 rings (SSSR count). The Bertz CT molecular complexity index is 926. The lowest BCUT2D eigenvalue weighted by molar-refractivity contribution is -0.384. The Morgan fingerprint density at radius 1 is 1.11 bits per heavy atom. The van der Waals surface area contributed by atoms with E-state index in [1.54, 1.807) is 4.90 Å². The smallest absolute Gasteiger partial charge is 0.269 e. The molecule has 0 aromatic heterocycles. The van der Waals surface area contributed by atoms with Gasteiger partial charge in [0.1, 0.15) is 0 Å². The first-order chi connectivity index (χ1) is 12.9. The number of nitrogens with zero attached hydrogens (tertiary/aromatic N) is 2. The number of non-ortho nitro benzene ring substituents is 1. The summed E-state index contributed by atoms with van der Waals surface area (Å²) in [6.07, 6.45) is 1.02. The number of hydrogen-bond donors (Lipinski definition) is 0. The molecule has 1 fully saturated rings. The monoisotopic (exact) mass is 388 g/mol. The summed E-state index contributed by atoms with van der Waals surface area (Å²) >= 11 is 0. The van der Waals surface area contributed by atoms with Crippen molar-refractivity contribution in [1.29, 1.82) is 0 Å². The second-order valence-corrected chi connectivity index (χ2v) is 8.82. The lowest BCUT2D eigenvalue weighted by Crippen LogP contribution is -2.42. The first-order valence-corrected chi connectivity index (χ1v) is 10.5. The summed E-state index contributed by atoms with van der Waals surface area (Å²) in [4.78, 5) is 24.9. The van der Waals surface area contributed by atoms with Crippen LogP contribution in [0.4, 0.5) is 5.69 Å². The van der Waals surface area contributed by atoms with E-state index in [-0.39, 0.29) is 29.1 Å².